The SMILES string of the molecule is Cc1ccc(C(CNC(=O)c2cc(-c3cccnc3)nc3c2cnn3Cc2ccco2)N(C)C)cc1. The van der Waals surface area contributed by atoms with Crippen LogP contribution in [0.2, 0.25) is 0 Å². The number of hydrogen-bond acceptors (Lipinski definition) is 6. The fourth-order valence-corrected chi connectivity index (χ4v) is 4.24. The lowest BCUT2D eigenvalue weighted by Gasteiger charge is -2.25. The molecular weight excluding hydrogens is 452 g/mol. The maximum absolute atomic E-state index is 13.6. The number of likely N-dealkylation sites (N-methyl/N-ethyl adjacent to an activating group) is 1. The minimum atomic E-state index is -0.177. The molecule has 1 aromatic carbocycles. The molecule has 0 bridgehead atoms. The third-order valence-electron chi connectivity index (χ3n) is 6.24. The summed E-state index contributed by atoms with van der Waals surface area (Å²) < 4.78 is 7.25. The van der Waals surface area contributed by atoms with Gasteiger partial charge in [-0.15, -0.1) is 0 Å². The Morgan fingerprint density at radius 2 is 1.94 bits per heavy atom. The summed E-state index contributed by atoms with van der Waals surface area (Å²) in [7, 11) is 4.03. The van der Waals surface area contributed by atoms with Crippen LogP contribution in [0.5, 0.6) is 0 Å². The summed E-state index contributed by atoms with van der Waals surface area (Å²) in [5.41, 5.74) is 4.96. The number of hydrogen-bond donors (Lipinski definition) is 1. The first kappa shape index (κ1) is 23.4. The number of amides is 1. The van der Waals surface area contributed by atoms with Crippen molar-refractivity contribution in [3.63, 3.8) is 0 Å². The van der Waals surface area contributed by atoms with Gasteiger partial charge >= 0.3 is 0 Å². The second-order valence-corrected chi connectivity index (χ2v) is 9.02. The van der Waals surface area contributed by atoms with Crippen molar-refractivity contribution in [3.05, 3.63) is 102 Å². The predicted octanol–water partition coefficient (Wildman–Crippen LogP) is 4.48. The number of carbonyl (C=O) groups is 1. The van der Waals surface area contributed by atoms with Crippen LogP contribution in [-0.4, -0.2) is 51.2 Å². The molecule has 0 aliphatic heterocycles. The van der Waals surface area contributed by atoms with Crippen molar-refractivity contribution in [2.75, 3.05) is 20.6 Å². The fraction of sp³-hybridized carbons (Fsp3) is 0.214. The van der Waals surface area contributed by atoms with E-state index in [0.29, 0.717) is 35.4 Å². The van der Waals surface area contributed by atoms with Gasteiger partial charge in [-0.3, -0.25) is 9.78 Å². The summed E-state index contributed by atoms with van der Waals surface area (Å²) in [6.45, 7) is 2.94. The molecule has 0 aliphatic carbocycles. The summed E-state index contributed by atoms with van der Waals surface area (Å²) in [4.78, 5) is 24.7. The summed E-state index contributed by atoms with van der Waals surface area (Å²) in [5, 5.41) is 8.34. The molecule has 0 spiro atoms. The van der Waals surface area contributed by atoms with E-state index in [1.54, 1.807) is 29.5 Å². The lowest BCUT2D eigenvalue weighted by Crippen LogP contribution is -2.34. The van der Waals surface area contributed by atoms with Crippen LogP contribution < -0.4 is 5.32 Å². The number of furan rings is 1. The molecule has 0 saturated heterocycles. The zero-order valence-corrected chi connectivity index (χ0v) is 20.5. The van der Waals surface area contributed by atoms with Crippen LogP contribution >= 0.6 is 0 Å². The van der Waals surface area contributed by atoms with Gasteiger partial charge in [0, 0.05) is 24.5 Å². The van der Waals surface area contributed by atoms with Gasteiger partial charge in [0.25, 0.3) is 5.91 Å². The van der Waals surface area contributed by atoms with E-state index in [9.17, 15) is 4.79 Å². The molecule has 5 rings (SSSR count). The average molecular weight is 481 g/mol. The van der Waals surface area contributed by atoms with Gasteiger partial charge in [0.15, 0.2) is 5.65 Å². The molecule has 182 valence electrons. The first-order valence-electron chi connectivity index (χ1n) is 11.8. The van der Waals surface area contributed by atoms with E-state index in [1.807, 2.05) is 44.4 Å². The third kappa shape index (κ3) is 4.89. The summed E-state index contributed by atoms with van der Waals surface area (Å²) in [6.07, 6.45) is 6.77. The maximum Gasteiger partial charge on any atom is 0.252 e. The number of fused-ring (bicyclic) bond motifs is 1. The topological polar surface area (TPSA) is 89.1 Å². The molecule has 4 heterocycles. The van der Waals surface area contributed by atoms with Crippen LogP contribution in [0.4, 0.5) is 0 Å². The number of aromatic nitrogens is 4. The molecule has 0 saturated carbocycles. The summed E-state index contributed by atoms with van der Waals surface area (Å²) in [5.74, 6) is 0.579. The van der Waals surface area contributed by atoms with Gasteiger partial charge in [0.2, 0.25) is 0 Å². The van der Waals surface area contributed by atoms with Crippen molar-refractivity contribution in [1.82, 2.24) is 30.0 Å². The Balaban J connectivity index is 1.49. The molecule has 8 heteroatoms. The van der Waals surface area contributed by atoms with Crippen molar-refractivity contribution in [3.8, 4) is 11.3 Å². The number of nitrogens with zero attached hydrogens (tertiary/aromatic N) is 5. The van der Waals surface area contributed by atoms with E-state index >= 15 is 0 Å². The Bertz CT molecular complexity index is 1460. The highest BCUT2D eigenvalue weighted by molar-refractivity contribution is 6.06. The van der Waals surface area contributed by atoms with Gasteiger partial charge in [-0.2, -0.15) is 5.10 Å². The molecule has 8 nitrogen and oxygen atoms in total. The molecule has 0 fully saturated rings. The van der Waals surface area contributed by atoms with Gasteiger partial charge < -0.3 is 14.6 Å². The molecule has 5 aromatic rings. The smallest absolute Gasteiger partial charge is 0.252 e. The van der Waals surface area contributed by atoms with E-state index < -0.39 is 0 Å². The second kappa shape index (κ2) is 10.1. The zero-order valence-electron chi connectivity index (χ0n) is 20.5. The molecule has 1 atom stereocenters. The number of rotatable bonds is 8. The summed E-state index contributed by atoms with van der Waals surface area (Å²) in [6, 6.07) is 17.7. The lowest BCUT2D eigenvalue weighted by atomic mass is 10.0. The molecular formula is C28H28N6O2. The highest BCUT2D eigenvalue weighted by Crippen LogP contribution is 2.26. The zero-order chi connectivity index (χ0) is 25.1. The number of pyridine rings is 2. The molecule has 1 unspecified atom stereocenters. The number of benzene rings is 1. The minimum absolute atomic E-state index is 0.0337. The van der Waals surface area contributed by atoms with E-state index in [1.165, 1.54) is 5.56 Å². The predicted molar refractivity (Wildman–Crippen MR) is 139 cm³/mol. The fourth-order valence-electron chi connectivity index (χ4n) is 4.24. The van der Waals surface area contributed by atoms with Crippen molar-refractivity contribution >= 4 is 16.9 Å². The Morgan fingerprint density at radius 1 is 1.11 bits per heavy atom. The quantitative estimate of drug-likeness (QED) is 0.352. The highest BCUT2D eigenvalue weighted by atomic mass is 16.3. The van der Waals surface area contributed by atoms with E-state index in [-0.39, 0.29) is 11.9 Å². The van der Waals surface area contributed by atoms with Gasteiger partial charge in [-0.25, -0.2) is 9.67 Å². The standard InChI is InChI=1S/C28H28N6O2/c1-19-8-10-20(11-9-19)26(33(2)3)17-30-28(35)23-14-25(21-6-4-12-29-15-21)32-27-24(23)16-31-34(27)18-22-7-5-13-36-22/h4-16,26H,17-18H2,1-3H3,(H,30,35). The maximum atomic E-state index is 13.6. The Labute approximate surface area is 209 Å². The van der Waals surface area contributed by atoms with Crippen LogP contribution in [0.3, 0.4) is 0 Å². The van der Waals surface area contributed by atoms with Crippen LogP contribution in [0.25, 0.3) is 22.3 Å². The first-order chi connectivity index (χ1) is 17.5. The monoisotopic (exact) mass is 480 g/mol. The Morgan fingerprint density at radius 3 is 2.64 bits per heavy atom. The largest absolute Gasteiger partial charge is 0.467 e. The Hall–Kier alpha value is -4.30. The number of nitrogens with one attached hydrogen (secondary N) is 1. The van der Waals surface area contributed by atoms with Gasteiger partial charge in [-0.1, -0.05) is 29.8 Å². The van der Waals surface area contributed by atoms with Crippen molar-refractivity contribution in [1.29, 1.82) is 0 Å². The minimum Gasteiger partial charge on any atom is -0.467 e. The number of aryl methyl sites for hydroxylation is 1. The van der Waals surface area contributed by atoms with Crippen molar-refractivity contribution in [2.45, 2.75) is 19.5 Å². The van der Waals surface area contributed by atoms with Gasteiger partial charge in [0.05, 0.1) is 35.1 Å². The van der Waals surface area contributed by atoms with Gasteiger partial charge in [-0.05, 0) is 56.9 Å². The van der Waals surface area contributed by atoms with E-state index in [4.69, 9.17) is 9.40 Å². The van der Waals surface area contributed by atoms with E-state index in [0.717, 1.165) is 16.9 Å². The molecule has 1 N–H and O–H groups in total. The lowest BCUT2D eigenvalue weighted by molar-refractivity contribution is 0.0943. The van der Waals surface area contributed by atoms with E-state index in [2.05, 4.69) is 51.5 Å². The molecule has 4 aromatic heterocycles. The van der Waals surface area contributed by atoms with Crippen LogP contribution in [-0.2, 0) is 6.54 Å². The third-order valence-corrected chi connectivity index (χ3v) is 6.24. The van der Waals surface area contributed by atoms with Gasteiger partial charge in [0.1, 0.15) is 12.3 Å². The number of carbonyl (C=O) groups excluding carboxylic acids is 1. The van der Waals surface area contributed by atoms with Crippen LogP contribution in [0.15, 0.2) is 83.9 Å². The first-order valence-corrected chi connectivity index (χ1v) is 11.8. The van der Waals surface area contributed by atoms with Crippen molar-refractivity contribution < 1.29 is 9.21 Å². The normalized spacial score (nSPS) is 12.2. The molecule has 36 heavy (non-hydrogen) atoms. The molecule has 1 amide bonds. The Kier molecular flexibility index (Phi) is 6.60. The van der Waals surface area contributed by atoms with Crippen molar-refractivity contribution in [2.24, 2.45) is 0 Å². The van der Waals surface area contributed by atoms with Crippen LogP contribution in [0.1, 0.15) is 33.3 Å². The van der Waals surface area contributed by atoms with Crippen LogP contribution in [0, 0.1) is 6.92 Å². The molecule has 0 aliphatic rings. The molecule has 0 radical (unpaired) electrons. The average Bonchev–Trinajstić information content (AvgIpc) is 3.55. The second-order valence-electron chi connectivity index (χ2n) is 9.02. The highest BCUT2D eigenvalue weighted by Gasteiger charge is 2.20. The summed E-state index contributed by atoms with van der Waals surface area (Å²) >= 11 is 0.